The predicted molar refractivity (Wildman–Crippen MR) is 47.2 cm³/mol. The minimum atomic E-state index is -1.13. The average Bonchev–Trinajstić information content (AvgIpc) is 2.03. The summed E-state index contributed by atoms with van der Waals surface area (Å²) in [4.78, 5) is 10.5. The second-order valence-electron chi connectivity index (χ2n) is 2.15. The van der Waals surface area contributed by atoms with Gasteiger partial charge in [0.15, 0.2) is 0 Å². The molecule has 0 heterocycles. The third kappa shape index (κ3) is 2.59. The molecule has 0 atom stereocenters. The van der Waals surface area contributed by atoms with Crippen LogP contribution in [-0.2, 0) is 0 Å². The monoisotopic (exact) mass is 206 g/mol. The lowest BCUT2D eigenvalue weighted by atomic mass is 10.2. The van der Waals surface area contributed by atoms with E-state index in [9.17, 15) is 9.18 Å². The van der Waals surface area contributed by atoms with Gasteiger partial charge >= 0.3 is 5.97 Å². The van der Waals surface area contributed by atoms with Crippen molar-refractivity contribution in [2.24, 2.45) is 0 Å². The van der Waals surface area contributed by atoms with E-state index < -0.39 is 11.8 Å². The van der Waals surface area contributed by atoms with Crippen molar-refractivity contribution in [3.05, 3.63) is 29.6 Å². The maximum Gasteiger partial charge on any atom is 0.339 e. The molecule has 3 nitrogen and oxygen atoms in total. The fraction of sp³-hybridized carbons (Fsp3) is 0.125. The van der Waals surface area contributed by atoms with Crippen LogP contribution in [0.3, 0.4) is 0 Å². The first-order valence-corrected chi connectivity index (χ1v) is 3.22. The van der Waals surface area contributed by atoms with Crippen molar-refractivity contribution >= 4 is 18.4 Å². The fourth-order valence-corrected chi connectivity index (χ4v) is 0.842. The molecule has 13 heavy (non-hydrogen) atoms. The topological polar surface area (TPSA) is 46.5 Å². The van der Waals surface area contributed by atoms with E-state index in [0.29, 0.717) is 0 Å². The highest BCUT2D eigenvalue weighted by Gasteiger charge is 2.10. The van der Waals surface area contributed by atoms with E-state index in [0.717, 1.165) is 18.2 Å². The number of rotatable bonds is 2. The molecule has 0 radical (unpaired) electrons. The molecule has 0 aliphatic carbocycles. The number of ether oxygens (including phenoxy) is 1. The van der Waals surface area contributed by atoms with Crippen LogP contribution in [0.4, 0.5) is 4.39 Å². The number of hydrogen-bond donors (Lipinski definition) is 1. The summed E-state index contributed by atoms with van der Waals surface area (Å²) in [5.41, 5.74) is -0.0427. The van der Waals surface area contributed by atoms with Crippen molar-refractivity contribution in [2.75, 3.05) is 7.11 Å². The Hall–Kier alpha value is -1.29. The summed E-state index contributed by atoms with van der Waals surface area (Å²) in [5, 5.41) is 8.59. The van der Waals surface area contributed by atoms with E-state index in [1.54, 1.807) is 0 Å². The van der Waals surface area contributed by atoms with E-state index in [4.69, 9.17) is 5.11 Å². The molecule has 1 N–H and O–H groups in total. The van der Waals surface area contributed by atoms with Gasteiger partial charge in [0, 0.05) is 6.07 Å². The Morgan fingerprint density at radius 1 is 1.54 bits per heavy atom. The van der Waals surface area contributed by atoms with Crippen molar-refractivity contribution in [2.45, 2.75) is 0 Å². The molecule has 5 heteroatoms. The molecule has 0 unspecified atom stereocenters. The molecule has 1 aromatic carbocycles. The first-order valence-electron chi connectivity index (χ1n) is 3.22. The van der Waals surface area contributed by atoms with E-state index in [2.05, 4.69) is 4.74 Å². The Labute approximate surface area is 80.5 Å². The average molecular weight is 207 g/mol. The third-order valence-corrected chi connectivity index (χ3v) is 1.39. The summed E-state index contributed by atoms with van der Waals surface area (Å²) in [6.45, 7) is 0. The van der Waals surface area contributed by atoms with Crippen LogP contribution in [0.2, 0.25) is 0 Å². The number of carbonyl (C=O) groups is 1. The zero-order valence-corrected chi connectivity index (χ0v) is 7.60. The molecule has 72 valence electrons. The lowest BCUT2D eigenvalue weighted by Crippen LogP contribution is -2.00. The predicted octanol–water partition coefficient (Wildman–Crippen LogP) is 1.95. The van der Waals surface area contributed by atoms with Gasteiger partial charge in [0.25, 0.3) is 0 Å². The number of halogens is 2. The second-order valence-corrected chi connectivity index (χ2v) is 2.15. The molecule has 0 fully saturated rings. The number of hydrogen-bond acceptors (Lipinski definition) is 2. The zero-order valence-electron chi connectivity index (χ0n) is 6.78. The van der Waals surface area contributed by atoms with E-state index >= 15 is 0 Å². The molecule has 0 saturated carbocycles. The highest BCUT2D eigenvalue weighted by molar-refractivity contribution is 5.90. The Bertz CT molecular complexity index is 314. The van der Waals surface area contributed by atoms with Gasteiger partial charge in [-0.25, -0.2) is 9.18 Å². The van der Waals surface area contributed by atoms with E-state index in [-0.39, 0.29) is 23.7 Å². The molecule has 0 saturated heterocycles. The van der Waals surface area contributed by atoms with Gasteiger partial charge in [-0.1, -0.05) is 0 Å². The Morgan fingerprint density at radius 2 is 2.15 bits per heavy atom. The van der Waals surface area contributed by atoms with Crippen molar-refractivity contribution in [1.29, 1.82) is 0 Å². The van der Waals surface area contributed by atoms with Crippen LogP contribution in [0, 0.1) is 5.82 Å². The maximum absolute atomic E-state index is 12.5. The number of methoxy groups -OCH3 is 1. The number of benzene rings is 1. The Kier molecular flexibility index (Phi) is 4.20. The van der Waals surface area contributed by atoms with Gasteiger partial charge in [0.1, 0.15) is 17.1 Å². The fourth-order valence-electron chi connectivity index (χ4n) is 0.842. The molecule has 1 rings (SSSR count). The molecule has 0 aromatic heterocycles. The van der Waals surface area contributed by atoms with Crippen LogP contribution in [-0.4, -0.2) is 18.2 Å². The second kappa shape index (κ2) is 4.67. The van der Waals surface area contributed by atoms with Crippen molar-refractivity contribution in [1.82, 2.24) is 0 Å². The van der Waals surface area contributed by atoms with Crippen molar-refractivity contribution < 1.29 is 19.0 Å². The summed E-state index contributed by atoms with van der Waals surface area (Å²) in [7, 11) is 1.29. The van der Waals surface area contributed by atoms with E-state index in [1.807, 2.05) is 0 Å². The van der Waals surface area contributed by atoms with E-state index in [1.165, 1.54) is 7.11 Å². The van der Waals surface area contributed by atoms with Crippen LogP contribution in [0.25, 0.3) is 0 Å². The quantitative estimate of drug-likeness (QED) is 0.805. The molecular weight excluding hydrogens is 199 g/mol. The van der Waals surface area contributed by atoms with Gasteiger partial charge in [-0.15, -0.1) is 12.4 Å². The lowest BCUT2D eigenvalue weighted by molar-refractivity contribution is 0.0693. The first-order chi connectivity index (χ1) is 5.65. The normalized spacial score (nSPS) is 8.77. The molecule has 0 bridgehead atoms. The van der Waals surface area contributed by atoms with Gasteiger partial charge in [-0.2, -0.15) is 0 Å². The summed E-state index contributed by atoms with van der Waals surface area (Å²) >= 11 is 0. The number of carboxylic acid groups (broad SMARTS) is 1. The van der Waals surface area contributed by atoms with Crippen LogP contribution in [0.15, 0.2) is 18.2 Å². The van der Waals surface area contributed by atoms with Gasteiger partial charge < -0.3 is 9.84 Å². The molecule has 0 spiro atoms. The Balaban J connectivity index is 0.00000144. The summed E-state index contributed by atoms with van der Waals surface area (Å²) in [5.74, 6) is -1.62. The minimum absolute atomic E-state index is 0. The van der Waals surface area contributed by atoms with Crippen LogP contribution < -0.4 is 4.74 Å². The third-order valence-electron chi connectivity index (χ3n) is 1.39. The standard InChI is InChI=1S/C8H7FO3.ClH/c1-12-7-4-5(9)2-3-6(7)8(10)11;/h2-4H,1H3,(H,10,11);1H. The number of aromatic carboxylic acids is 1. The van der Waals surface area contributed by atoms with Crippen LogP contribution in [0.5, 0.6) is 5.75 Å². The molecule has 0 amide bonds. The maximum atomic E-state index is 12.5. The summed E-state index contributed by atoms with van der Waals surface area (Å²) in [6.07, 6.45) is 0. The Morgan fingerprint density at radius 3 is 2.62 bits per heavy atom. The lowest BCUT2D eigenvalue weighted by Gasteiger charge is -2.03. The minimum Gasteiger partial charge on any atom is -0.496 e. The number of carboxylic acids is 1. The summed E-state index contributed by atoms with van der Waals surface area (Å²) in [6, 6.07) is 3.27. The molecular formula is C8H8ClFO3. The molecule has 0 aliphatic rings. The largest absolute Gasteiger partial charge is 0.496 e. The van der Waals surface area contributed by atoms with Crippen molar-refractivity contribution in [3.63, 3.8) is 0 Å². The van der Waals surface area contributed by atoms with Crippen LogP contribution in [0.1, 0.15) is 10.4 Å². The zero-order chi connectivity index (χ0) is 9.14. The SMILES string of the molecule is COc1cc(F)ccc1C(=O)O.Cl. The van der Waals surface area contributed by atoms with Gasteiger partial charge in [-0.3, -0.25) is 0 Å². The molecule has 0 aliphatic heterocycles. The van der Waals surface area contributed by atoms with Crippen LogP contribution >= 0.6 is 12.4 Å². The van der Waals surface area contributed by atoms with Crippen molar-refractivity contribution in [3.8, 4) is 5.75 Å². The van der Waals surface area contributed by atoms with Gasteiger partial charge in [-0.05, 0) is 12.1 Å². The first kappa shape index (κ1) is 11.7. The highest BCUT2D eigenvalue weighted by atomic mass is 35.5. The smallest absolute Gasteiger partial charge is 0.339 e. The highest BCUT2D eigenvalue weighted by Crippen LogP contribution is 2.18. The summed E-state index contributed by atoms with van der Waals surface area (Å²) < 4.78 is 17.2. The molecule has 1 aromatic rings. The van der Waals surface area contributed by atoms with Gasteiger partial charge in [0.05, 0.1) is 7.11 Å². The van der Waals surface area contributed by atoms with Gasteiger partial charge in [0.2, 0.25) is 0 Å².